The smallest absolute Gasteiger partial charge is 0.306 e. The number of benzene rings is 2. The predicted molar refractivity (Wildman–Crippen MR) is 168 cm³/mol. The molecule has 6 rings (SSSR count). The number of rotatable bonds is 10. The van der Waals surface area contributed by atoms with Crippen molar-refractivity contribution in [1.29, 1.82) is 0 Å². The van der Waals surface area contributed by atoms with Crippen molar-refractivity contribution in [2.75, 3.05) is 44.8 Å². The number of carbonyl (C=O) groups excluding carboxylic acids is 1. The number of nitrogens with one attached hydrogen (secondary N) is 1. The second-order valence-electron chi connectivity index (χ2n) is 12.1. The summed E-state index contributed by atoms with van der Waals surface area (Å²) in [6.07, 6.45) is 4.06. The van der Waals surface area contributed by atoms with E-state index in [1.165, 1.54) is 0 Å². The molecule has 10 nitrogen and oxygen atoms in total. The van der Waals surface area contributed by atoms with Gasteiger partial charge in [-0.3, -0.25) is 14.5 Å². The first kappa shape index (κ1) is 32.0. The van der Waals surface area contributed by atoms with Crippen LogP contribution in [0.4, 0.5) is 16.1 Å². The third-order valence-corrected chi connectivity index (χ3v) is 9.86. The molecule has 45 heavy (non-hydrogen) atoms. The number of nitrogens with zero attached hydrogens (tertiary/aromatic N) is 3. The second kappa shape index (κ2) is 14.2. The number of oxazole rings is 1. The zero-order valence-electron chi connectivity index (χ0n) is 24.9. The number of halogens is 3. The van der Waals surface area contributed by atoms with Gasteiger partial charge in [-0.25, -0.2) is 4.39 Å². The largest absolute Gasteiger partial charge is 0.481 e. The van der Waals surface area contributed by atoms with E-state index in [1.54, 1.807) is 30.3 Å². The molecule has 1 aromatic heterocycles. The number of hydrogen-bond donors (Lipinski definition) is 2. The Morgan fingerprint density at radius 1 is 1.02 bits per heavy atom. The third kappa shape index (κ3) is 7.55. The van der Waals surface area contributed by atoms with E-state index < -0.39 is 11.8 Å². The molecule has 2 aromatic carbocycles. The highest BCUT2D eigenvalue weighted by atomic mass is 35.5. The van der Waals surface area contributed by atoms with Gasteiger partial charge in [-0.1, -0.05) is 29.3 Å². The van der Waals surface area contributed by atoms with E-state index in [2.05, 4.69) is 15.2 Å². The maximum absolute atomic E-state index is 15.8. The Morgan fingerprint density at radius 2 is 1.78 bits per heavy atom. The summed E-state index contributed by atoms with van der Waals surface area (Å²) in [5.74, 6) is -1.85. The summed E-state index contributed by atoms with van der Waals surface area (Å²) in [5.41, 5.74) is 1.09. The average molecular weight is 664 g/mol. The van der Waals surface area contributed by atoms with Crippen LogP contribution in [0.2, 0.25) is 10.0 Å². The molecule has 2 aliphatic heterocycles. The van der Waals surface area contributed by atoms with Gasteiger partial charge in [-0.05, 0) is 62.8 Å². The average Bonchev–Trinajstić information content (AvgIpc) is 3.64. The number of carbonyl (C=O) groups is 2. The fraction of sp³-hybridized carbons (Fsp3) is 0.531. The third-order valence-electron chi connectivity index (χ3n) is 9.12. The van der Waals surface area contributed by atoms with Crippen LogP contribution in [0.15, 0.2) is 34.7 Å². The van der Waals surface area contributed by atoms with Gasteiger partial charge in [-0.15, -0.1) is 0 Å². The van der Waals surface area contributed by atoms with E-state index >= 15 is 4.39 Å². The van der Waals surface area contributed by atoms with Gasteiger partial charge < -0.3 is 29.2 Å². The van der Waals surface area contributed by atoms with Gasteiger partial charge in [-0.2, -0.15) is 4.98 Å². The minimum atomic E-state index is -0.748. The number of likely N-dealkylation sites (tertiary alicyclic amines) is 1. The molecule has 3 aromatic rings. The number of aromatic nitrogens is 1. The van der Waals surface area contributed by atoms with Crippen molar-refractivity contribution in [3.8, 4) is 0 Å². The molecule has 1 amide bonds. The number of anilines is 2. The topological polar surface area (TPSA) is 117 Å². The Balaban J connectivity index is 1.15. The number of amides is 1. The van der Waals surface area contributed by atoms with Crippen molar-refractivity contribution in [1.82, 2.24) is 14.8 Å². The first-order chi connectivity index (χ1) is 21.7. The first-order valence-corrected chi connectivity index (χ1v) is 16.3. The van der Waals surface area contributed by atoms with Gasteiger partial charge in [0.1, 0.15) is 5.52 Å². The van der Waals surface area contributed by atoms with Crippen LogP contribution < -0.4 is 5.32 Å². The summed E-state index contributed by atoms with van der Waals surface area (Å²) in [7, 11) is 0. The lowest BCUT2D eigenvalue weighted by molar-refractivity contribution is -0.144. The fourth-order valence-electron chi connectivity index (χ4n) is 6.66. The molecule has 242 valence electrons. The summed E-state index contributed by atoms with van der Waals surface area (Å²) in [6.45, 7) is 4.04. The lowest BCUT2D eigenvalue weighted by Gasteiger charge is -2.36. The molecular weight excluding hydrogens is 626 g/mol. The molecule has 1 saturated carbocycles. The van der Waals surface area contributed by atoms with Crippen molar-refractivity contribution in [2.24, 2.45) is 5.92 Å². The molecule has 0 radical (unpaired) electrons. The van der Waals surface area contributed by atoms with Crippen molar-refractivity contribution in [2.45, 2.75) is 63.1 Å². The lowest BCUT2D eigenvalue weighted by atomic mass is 9.87. The summed E-state index contributed by atoms with van der Waals surface area (Å²) >= 11 is 12.1. The van der Waals surface area contributed by atoms with E-state index in [-0.39, 0.29) is 53.6 Å². The maximum atomic E-state index is 15.8. The molecule has 3 aliphatic rings. The molecule has 1 aliphatic carbocycles. The van der Waals surface area contributed by atoms with Crippen molar-refractivity contribution < 1.29 is 33.0 Å². The molecule has 0 bridgehead atoms. The summed E-state index contributed by atoms with van der Waals surface area (Å²) in [5, 5.41) is 13.1. The predicted octanol–water partition coefficient (Wildman–Crippen LogP) is 5.91. The van der Waals surface area contributed by atoms with Gasteiger partial charge in [0.25, 0.3) is 6.01 Å². The number of ether oxygens (including phenoxy) is 2. The highest BCUT2D eigenvalue weighted by Gasteiger charge is 2.39. The molecular formula is C32H37Cl2FN4O6. The van der Waals surface area contributed by atoms with E-state index in [9.17, 15) is 14.7 Å². The Bertz CT molecular complexity index is 1520. The highest BCUT2D eigenvalue weighted by Crippen LogP contribution is 2.32. The minimum absolute atomic E-state index is 0.0196. The van der Waals surface area contributed by atoms with Crippen molar-refractivity contribution in [3.63, 3.8) is 0 Å². The SMILES string of the molecule is O=C(O)C1CCC(OC[C@@H]2CC[C@@H](CN3CCOCC3)N2C(=O)Cc2ccc3nc(Nc4ccc(Cl)c(Cl)c4)oc3c2F)CC1. The first-order valence-electron chi connectivity index (χ1n) is 15.5. The second-order valence-corrected chi connectivity index (χ2v) is 12.9. The van der Waals surface area contributed by atoms with Crippen LogP contribution in [0.5, 0.6) is 0 Å². The summed E-state index contributed by atoms with van der Waals surface area (Å²) in [4.78, 5) is 33.9. The Morgan fingerprint density at radius 3 is 2.51 bits per heavy atom. The Labute approximate surface area is 270 Å². The number of carboxylic acid groups (broad SMARTS) is 1. The van der Waals surface area contributed by atoms with Crippen LogP contribution in [0, 0.1) is 11.7 Å². The zero-order valence-corrected chi connectivity index (χ0v) is 26.4. The fourth-order valence-corrected chi connectivity index (χ4v) is 6.96. The number of morpholine rings is 1. The molecule has 3 heterocycles. The number of hydrogen-bond acceptors (Lipinski definition) is 8. The van der Waals surface area contributed by atoms with Gasteiger partial charge in [0, 0.05) is 36.9 Å². The van der Waals surface area contributed by atoms with Crippen LogP contribution >= 0.6 is 23.2 Å². The van der Waals surface area contributed by atoms with E-state index in [4.69, 9.17) is 37.1 Å². The van der Waals surface area contributed by atoms with Gasteiger partial charge in [0.05, 0.1) is 54.4 Å². The van der Waals surface area contributed by atoms with E-state index in [1.807, 2.05) is 4.90 Å². The van der Waals surface area contributed by atoms with Crippen LogP contribution in [0.1, 0.15) is 44.1 Å². The van der Waals surface area contributed by atoms with Crippen LogP contribution in [0.3, 0.4) is 0 Å². The van der Waals surface area contributed by atoms with Crippen molar-refractivity contribution >= 4 is 57.9 Å². The maximum Gasteiger partial charge on any atom is 0.306 e. The monoisotopic (exact) mass is 662 g/mol. The molecule has 13 heteroatoms. The lowest BCUT2D eigenvalue weighted by Crippen LogP contribution is -2.50. The Kier molecular flexibility index (Phi) is 10.1. The normalized spacial score (nSPS) is 24.3. The van der Waals surface area contributed by atoms with Gasteiger partial charge in [0.2, 0.25) is 5.91 Å². The van der Waals surface area contributed by atoms with Crippen LogP contribution in [-0.2, 0) is 25.5 Å². The van der Waals surface area contributed by atoms with Gasteiger partial charge in [0.15, 0.2) is 11.4 Å². The van der Waals surface area contributed by atoms with E-state index in [0.29, 0.717) is 66.8 Å². The molecule has 2 N–H and O–H groups in total. The van der Waals surface area contributed by atoms with E-state index in [0.717, 1.165) is 32.5 Å². The standard InChI is InChI=1S/C32H37Cl2FN4O6/c33-25-9-4-21(16-26(25)34)36-32-37-27-10-3-20(29(35)30(27)45-32)15-28(40)39-22(17-38-11-13-43-14-12-38)5-6-23(39)18-44-24-7-1-19(2-8-24)31(41)42/h3-4,9-10,16,19,22-24H,1-2,5-8,11-15,17-18H2,(H,36,37)(H,41,42)/t19?,22-,23-,24?/m0/s1. The summed E-state index contributed by atoms with van der Waals surface area (Å²) < 4.78 is 33.3. The molecule has 0 spiro atoms. The highest BCUT2D eigenvalue weighted by molar-refractivity contribution is 6.42. The quantitative estimate of drug-likeness (QED) is 0.273. The summed E-state index contributed by atoms with van der Waals surface area (Å²) in [6, 6.07) is 8.11. The number of fused-ring (bicyclic) bond motifs is 1. The molecule has 2 atom stereocenters. The number of carboxylic acids is 1. The minimum Gasteiger partial charge on any atom is -0.481 e. The molecule has 0 unspecified atom stereocenters. The zero-order chi connectivity index (χ0) is 31.5. The van der Waals surface area contributed by atoms with Crippen molar-refractivity contribution in [3.05, 3.63) is 51.8 Å². The van der Waals surface area contributed by atoms with Crippen LogP contribution in [0.25, 0.3) is 11.1 Å². The number of aliphatic carboxylic acids is 1. The van der Waals surface area contributed by atoms with Crippen LogP contribution in [-0.4, -0.2) is 89.4 Å². The molecule has 3 fully saturated rings. The molecule has 2 saturated heterocycles. The Hall–Kier alpha value is -2.96. The van der Waals surface area contributed by atoms with Gasteiger partial charge >= 0.3 is 5.97 Å².